The van der Waals surface area contributed by atoms with Crippen LogP contribution in [0, 0.1) is 0 Å². The number of benzene rings is 4. The zero-order valence-electron chi connectivity index (χ0n) is 25.0. The number of rotatable bonds is 6. The highest BCUT2D eigenvalue weighted by Gasteiger charge is 2.65. The van der Waals surface area contributed by atoms with E-state index in [1.165, 1.54) is 0 Å². The van der Waals surface area contributed by atoms with Crippen LogP contribution < -0.4 is 10.4 Å². The summed E-state index contributed by atoms with van der Waals surface area (Å²) in [4.78, 5) is 0. The maximum absolute atomic E-state index is 2.52. The lowest BCUT2D eigenvalue weighted by Gasteiger charge is -2.42. The molecule has 4 aromatic carbocycles. The van der Waals surface area contributed by atoms with Crippen LogP contribution in [0.5, 0.6) is 0 Å². The second-order valence-electron chi connectivity index (χ2n) is 13.2. The molecule has 0 nitrogen and oxygen atoms in total. The van der Waals surface area contributed by atoms with Gasteiger partial charge in [0.25, 0.3) is 0 Å². The maximum Gasteiger partial charge on any atom is 0.142 e. The van der Waals surface area contributed by atoms with Crippen molar-refractivity contribution in [2.24, 2.45) is 0 Å². The standard InChI is InChI=1S/C38H44Si/c1-23(2)27-19-13-20-28(24(3)4)35(27)39(36-29(25(5)6)21-14-22-30(36)26(7)8)37-31-15-9-10-16-32(31)38(39)34-18-12-11-17-33(34)37/h9-26,37-38H,1-8H3. The van der Waals surface area contributed by atoms with Crippen LogP contribution in [0.4, 0.5) is 0 Å². The van der Waals surface area contributed by atoms with Gasteiger partial charge in [-0.25, -0.2) is 0 Å². The van der Waals surface area contributed by atoms with E-state index in [-0.39, 0.29) is 0 Å². The Morgan fingerprint density at radius 2 is 0.641 bits per heavy atom. The molecule has 2 heterocycles. The third-order valence-corrected chi connectivity index (χ3v) is 15.6. The Morgan fingerprint density at radius 3 is 0.872 bits per heavy atom. The molecule has 1 heteroatoms. The molecule has 2 aliphatic heterocycles. The van der Waals surface area contributed by atoms with Gasteiger partial charge in [-0.1, -0.05) is 140 Å². The highest BCUT2D eigenvalue weighted by atomic mass is 28.3. The van der Waals surface area contributed by atoms with Gasteiger partial charge in [0, 0.05) is 11.1 Å². The molecule has 0 fully saturated rings. The molecule has 0 aliphatic carbocycles. The van der Waals surface area contributed by atoms with Crippen molar-refractivity contribution in [1.82, 2.24) is 0 Å². The lowest BCUT2D eigenvalue weighted by Crippen LogP contribution is -2.66. The fourth-order valence-electron chi connectivity index (χ4n) is 8.32. The molecule has 0 amide bonds. The SMILES string of the molecule is CC(C)c1cccc(C(C)C)c1[Si]1(c2c(C(C)C)cccc2C(C)C)C2c3ccccc3C1c1ccccc12. The minimum absolute atomic E-state index is 0.435. The average Bonchev–Trinajstić information content (AvgIpc) is 3.39. The molecule has 200 valence electrons. The molecule has 0 spiro atoms. The van der Waals surface area contributed by atoms with E-state index in [0.717, 1.165) is 0 Å². The molecule has 0 radical (unpaired) electrons. The van der Waals surface area contributed by atoms with Crippen molar-refractivity contribution in [1.29, 1.82) is 0 Å². The van der Waals surface area contributed by atoms with Crippen LogP contribution in [0.1, 0.15) is 135 Å². The van der Waals surface area contributed by atoms with Gasteiger partial charge in [0.05, 0.1) is 0 Å². The van der Waals surface area contributed by atoms with Gasteiger partial charge in [0.2, 0.25) is 0 Å². The Labute approximate surface area is 237 Å². The summed E-state index contributed by atoms with van der Waals surface area (Å²) in [6, 6.07) is 33.6. The van der Waals surface area contributed by atoms with Crippen molar-refractivity contribution in [2.45, 2.75) is 90.1 Å². The van der Waals surface area contributed by atoms with Gasteiger partial charge in [-0.05, 0) is 78.6 Å². The summed E-state index contributed by atoms with van der Waals surface area (Å²) < 4.78 is 0. The quantitative estimate of drug-likeness (QED) is 0.219. The number of hydrogen-bond donors (Lipinski definition) is 0. The van der Waals surface area contributed by atoms with Crippen LogP contribution in [0.3, 0.4) is 0 Å². The number of hydrogen-bond acceptors (Lipinski definition) is 0. The van der Waals surface area contributed by atoms with E-state index in [9.17, 15) is 0 Å². The molecule has 2 aliphatic rings. The molecule has 0 aromatic heterocycles. The molecule has 4 aromatic rings. The zero-order valence-corrected chi connectivity index (χ0v) is 26.0. The van der Waals surface area contributed by atoms with Crippen molar-refractivity contribution in [3.63, 3.8) is 0 Å². The highest BCUT2D eigenvalue weighted by Crippen LogP contribution is 2.61. The second kappa shape index (κ2) is 9.63. The van der Waals surface area contributed by atoms with Crippen molar-refractivity contribution in [3.8, 4) is 0 Å². The molecule has 0 N–H and O–H groups in total. The summed E-state index contributed by atoms with van der Waals surface area (Å²) in [5.74, 6) is 1.90. The first kappa shape index (κ1) is 26.3. The van der Waals surface area contributed by atoms with Gasteiger partial charge >= 0.3 is 0 Å². The van der Waals surface area contributed by atoms with E-state index in [1.54, 1.807) is 54.9 Å². The van der Waals surface area contributed by atoms with Gasteiger partial charge in [0.15, 0.2) is 0 Å². The first-order valence-corrected chi connectivity index (χ1v) is 17.3. The normalized spacial score (nSPS) is 18.9. The largest absolute Gasteiger partial charge is 0.142 e. The van der Waals surface area contributed by atoms with E-state index in [4.69, 9.17) is 0 Å². The van der Waals surface area contributed by atoms with E-state index >= 15 is 0 Å². The van der Waals surface area contributed by atoms with Crippen LogP contribution in [0.15, 0.2) is 84.9 Å². The maximum atomic E-state index is 2.47. The summed E-state index contributed by atoms with van der Waals surface area (Å²) in [5, 5.41) is 3.49. The summed E-state index contributed by atoms with van der Waals surface area (Å²) in [5.41, 5.74) is 13.6. The second-order valence-corrected chi connectivity index (χ2v) is 17.1. The van der Waals surface area contributed by atoms with E-state index in [2.05, 4.69) is 140 Å². The van der Waals surface area contributed by atoms with E-state index in [1.807, 2.05) is 0 Å². The van der Waals surface area contributed by atoms with E-state index in [0.29, 0.717) is 34.8 Å². The van der Waals surface area contributed by atoms with Crippen LogP contribution in [-0.2, 0) is 0 Å². The topological polar surface area (TPSA) is 0 Å². The Bertz CT molecular complexity index is 1320. The monoisotopic (exact) mass is 528 g/mol. The van der Waals surface area contributed by atoms with Gasteiger partial charge in [-0.15, -0.1) is 0 Å². The third-order valence-electron chi connectivity index (χ3n) is 9.72. The summed E-state index contributed by atoms with van der Waals surface area (Å²) in [6.07, 6.45) is 0. The summed E-state index contributed by atoms with van der Waals surface area (Å²) >= 11 is 0. The molecular weight excluding hydrogens is 485 g/mol. The highest BCUT2D eigenvalue weighted by molar-refractivity contribution is 7.07. The van der Waals surface area contributed by atoms with Gasteiger partial charge in [-0.2, -0.15) is 0 Å². The first-order valence-electron chi connectivity index (χ1n) is 15.1. The molecular formula is C38H44Si. The third kappa shape index (κ3) is 3.62. The Balaban J connectivity index is 1.89. The fraction of sp³-hybridized carbons (Fsp3) is 0.368. The van der Waals surface area contributed by atoms with Gasteiger partial charge in [-0.3, -0.25) is 0 Å². The first-order chi connectivity index (χ1) is 18.7. The zero-order chi connectivity index (χ0) is 27.6. The Kier molecular flexibility index (Phi) is 6.50. The minimum atomic E-state index is -2.52. The summed E-state index contributed by atoms with van der Waals surface area (Å²) in [6.45, 7) is 19.3. The Morgan fingerprint density at radius 1 is 0.385 bits per heavy atom. The lowest BCUT2D eigenvalue weighted by molar-refractivity contribution is 0.835. The van der Waals surface area contributed by atoms with Gasteiger partial charge in [0.1, 0.15) is 8.07 Å². The van der Waals surface area contributed by atoms with Crippen LogP contribution in [-0.4, -0.2) is 8.07 Å². The fourth-order valence-corrected chi connectivity index (χ4v) is 16.5. The Hall–Kier alpha value is -2.90. The predicted molar refractivity (Wildman–Crippen MR) is 171 cm³/mol. The summed E-state index contributed by atoms with van der Waals surface area (Å²) in [7, 11) is -2.52. The van der Waals surface area contributed by atoms with Crippen molar-refractivity contribution >= 4 is 18.4 Å². The number of fused-ring (bicyclic) bond motifs is 8. The predicted octanol–water partition coefficient (Wildman–Crippen LogP) is 9.11. The van der Waals surface area contributed by atoms with Crippen LogP contribution in [0.2, 0.25) is 0 Å². The van der Waals surface area contributed by atoms with Crippen molar-refractivity contribution in [3.05, 3.63) is 129 Å². The molecule has 2 bridgehead atoms. The molecule has 0 atom stereocenters. The van der Waals surface area contributed by atoms with Crippen LogP contribution in [0.25, 0.3) is 0 Å². The molecule has 39 heavy (non-hydrogen) atoms. The van der Waals surface area contributed by atoms with Crippen molar-refractivity contribution in [2.75, 3.05) is 0 Å². The van der Waals surface area contributed by atoms with Crippen LogP contribution >= 0.6 is 0 Å². The minimum Gasteiger partial charge on any atom is -0.0620 e. The smallest absolute Gasteiger partial charge is 0.0620 e. The molecule has 0 unspecified atom stereocenters. The molecule has 0 saturated heterocycles. The molecule has 0 saturated carbocycles. The van der Waals surface area contributed by atoms with Gasteiger partial charge < -0.3 is 0 Å². The molecule has 6 rings (SSSR count). The average molecular weight is 529 g/mol. The van der Waals surface area contributed by atoms with E-state index < -0.39 is 8.07 Å². The van der Waals surface area contributed by atoms with Crippen molar-refractivity contribution < 1.29 is 0 Å². The lowest BCUT2D eigenvalue weighted by atomic mass is 9.86.